The Bertz CT molecular complexity index is 1120. The second-order valence-corrected chi connectivity index (χ2v) is 8.54. The molecular weight excluding hydrogens is 433 g/mol. The highest BCUT2D eigenvalue weighted by molar-refractivity contribution is 7.89. The van der Waals surface area contributed by atoms with Crippen LogP contribution in [0.3, 0.4) is 0 Å². The van der Waals surface area contributed by atoms with Gasteiger partial charge in [0.25, 0.3) is 5.91 Å². The SMILES string of the molecule is O=C(CN(Cc1ccc(F)cc1)S(=O)(=O)c1ccc(Cl)cc1)N/N=C\c1ccco1. The lowest BCUT2D eigenvalue weighted by molar-refractivity contribution is -0.121. The molecule has 0 aliphatic rings. The molecule has 10 heteroatoms. The van der Waals surface area contributed by atoms with Gasteiger partial charge >= 0.3 is 0 Å². The van der Waals surface area contributed by atoms with Gasteiger partial charge in [0.15, 0.2) is 0 Å². The summed E-state index contributed by atoms with van der Waals surface area (Å²) >= 11 is 5.84. The molecule has 30 heavy (non-hydrogen) atoms. The van der Waals surface area contributed by atoms with Gasteiger partial charge in [0.1, 0.15) is 11.6 Å². The molecule has 0 fully saturated rings. The molecule has 7 nitrogen and oxygen atoms in total. The van der Waals surface area contributed by atoms with E-state index in [1.54, 1.807) is 12.1 Å². The van der Waals surface area contributed by atoms with E-state index in [2.05, 4.69) is 10.5 Å². The number of hydrogen-bond donors (Lipinski definition) is 1. The first kappa shape index (κ1) is 21.7. The number of hydrazone groups is 1. The van der Waals surface area contributed by atoms with E-state index in [1.165, 1.54) is 61.0 Å². The average molecular weight is 450 g/mol. The summed E-state index contributed by atoms with van der Waals surface area (Å²) in [5, 5.41) is 4.12. The highest BCUT2D eigenvalue weighted by atomic mass is 35.5. The number of halogens is 2. The van der Waals surface area contributed by atoms with Crippen LogP contribution in [0.5, 0.6) is 0 Å². The van der Waals surface area contributed by atoms with Crippen molar-refractivity contribution in [3.8, 4) is 0 Å². The third-order valence-corrected chi connectivity index (χ3v) is 6.03. The Labute approximate surface area is 177 Å². The molecule has 0 saturated carbocycles. The van der Waals surface area contributed by atoms with Gasteiger partial charge in [-0.05, 0) is 54.1 Å². The molecule has 0 bridgehead atoms. The molecule has 1 amide bonds. The molecule has 3 rings (SSSR count). The lowest BCUT2D eigenvalue weighted by atomic mass is 10.2. The summed E-state index contributed by atoms with van der Waals surface area (Å²) in [6, 6.07) is 14.2. The first-order valence-electron chi connectivity index (χ1n) is 8.70. The molecular formula is C20H17ClFN3O4S. The summed E-state index contributed by atoms with van der Waals surface area (Å²) in [4.78, 5) is 12.3. The van der Waals surface area contributed by atoms with Crippen molar-refractivity contribution in [2.45, 2.75) is 11.4 Å². The highest BCUT2D eigenvalue weighted by Gasteiger charge is 2.27. The fraction of sp³-hybridized carbons (Fsp3) is 0.100. The molecule has 0 saturated heterocycles. The van der Waals surface area contributed by atoms with Gasteiger partial charge in [-0.15, -0.1) is 0 Å². The van der Waals surface area contributed by atoms with Crippen LogP contribution in [0.2, 0.25) is 5.02 Å². The van der Waals surface area contributed by atoms with Crippen LogP contribution in [0.4, 0.5) is 4.39 Å². The average Bonchev–Trinajstić information content (AvgIpc) is 3.23. The molecule has 1 N–H and O–H groups in total. The topological polar surface area (TPSA) is 92.0 Å². The fourth-order valence-corrected chi connectivity index (χ4v) is 4.01. The van der Waals surface area contributed by atoms with Gasteiger partial charge in [-0.25, -0.2) is 18.2 Å². The van der Waals surface area contributed by atoms with E-state index < -0.39 is 28.3 Å². The predicted molar refractivity (Wildman–Crippen MR) is 110 cm³/mol. The Kier molecular flexibility index (Phi) is 6.99. The van der Waals surface area contributed by atoms with Crippen molar-refractivity contribution >= 4 is 33.7 Å². The minimum Gasteiger partial charge on any atom is -0.463 e. The Morgan fingerprint density at radius 1 is 1.13 bits per heavy atom. The maximum atomic E-state index is 13.2. The zero-order valence-electron chi connectivity index (χ0n) is 15.5. The van der Waals surface area contributed by atoms with Crippen molar-refractivity contribution in [1.29, 1.82) is 0 Å². The molecule has 0 radical (unpaired) electrons. The minimum atomic E-state index is -4.04. The fourth-order valence-electron chi connectivity index (χ4n) is 2.50. The number of hydrogen-bond acceptors (Lipinski definition) is 5. The molecule has 0 atom stereocenters. The van der Waals surface area contributed by atoms with Gasteiger partial charge in [0.2, 0.25) is 10.0 Å². The van der Waals surface area contributed by atoms with E-state index in [-0.39, 0.29) is 11.4 Å². The number of nitrogens with zero attached hydrogens (tertiary/aromatic N) is 2. The van der Waals surface area contributed by atoms with Gasteiger partial charge in [0, 0.05) is 11.6 Å². The standard InChI is InChI=1S/C20H17ClFN3O4S/c21-16-5-9-19(10-6-16)30(27,28)25(13-15-3-7-17(22)8-4-15)14-20(26)24-23-12-18-2-1-11-29-18/h1-12H,13-14H2,(H,24,26)/b23-12-. The summed E-state index contributed by atoms with van der Waals surface area (Å²) in [7, 11) is -4.04. The number of rotatable bonds is 8. The van der Waals surface area contributed by atoms with E-state index in [4.69, 9.17) is 16.0 Å². The molecule has 0 unspecified atom stereocenters. The minimum absolute atomic E-state index is 0.0269. The lowest BCUT2D eigenvalue weighted by Gasteiger charge is -2.21. The largest absolute Gasteiger partial charge is 0.463 e. The Morgan fingerprint density at radius 3 is 2.47 bits per heavy atom. The summed E-state index contributed by atoms with van der Waals surface area (Å²) in [5.41, 5.74) is 2.78. The third-order valence-electron chi connectivity index (χ3n) is 3.97. The Balaban J connectivity index is 1.80. The van der Waals surface area contributed by atoms with Crippen molar-refractivity contribution in [2.24, 2.45) is 5.10 Å². The van der Waals surface area contributed by atoms with Crippen molar-refractivity contribution in [3.63, 3.8) is 0 Å². The number of furan rings is 1. The summed E-state index contributed by atoms with van der Waals surface area (Å²) in [5.74, 6) is -0.680. The van der Waals surface area contributed by atoms with Crippen LogP contribution in [-0.2, 0) is 21.4 Å². The van der Waals surface area contributed by atoms with Crippen LogP contribution < -0.4 is 5.43 Å². The molecule has 156 valence electrons. The van der Waals surface area contributed by atoms with E-state index in [1.807, 2.05) is 0 Å². The number of amides is 1. The molecule has 0 aliphatic carbocycles. The third kappa shape index (κ3) is 5.76. The molecule has 0 spiro atoms. The quantitative estimate of drug-likeness (QED) is 0.421. The van der Waals surface area contributed by atoms with Crippen molar-refractivity contribution < 1.29 is 22.0 Å². The molecule has 3 aromatic rings. The van der Waals surface area contributed by atoms with Crippen LogP contribution >= 0.6 is 11.6 Å². The van der Waals surface area contributed by atoms with Crippen LogP contribution in [0, 0.1) is 5.82 Å². The second-order valence-electron chi connectivity index (χ2n) is 6.16. The van der Waals surface area contributed by atoms with E-state index >= 15 is 0 Å². The smallest absolute Gasteiger partial charge is 0.255 e. The Hall–Kier alpha value is -3.01. The van der Waals surface area contributed by atoms with Gasteiger partial charge in [-0.1, -0.05) is 23.7 Å². The Morgan fingerprint density at radius 2 is 1.83 bits per heavy atom. The van der Waals surface area contributed by atoms with Gasteiger partial charge < -0.3 is 4.42 Å². The first-order chi connectivity index (χ1) is 14.3. The van der Waals surface area contributed by atoms with Crippen molar-refractivity contribution in [3.05, 3.63) is 89.1 Å². The molecule has 1 heterocycles. The first-order valence-corrected chi connectivity index (χ1v) is 10.5. The highest BCUT2D eigenvalue weighted by Crippen LogP contribution is 2.20. The number of benzene rings is 2. The monoisotopic (exact) mass is 449 g/mol. The maximum absolute atomic E-state index is 13.2. The maximum Gasteiger partial charge on any atom is 0.255 e. The predicted octanol–water partition coefficient (Wildman–Crippen LogP) is 3.41. The number of nitrogens with one attached hydrogen (secondary N) is 1. The van der Waals surface area contributed by atoms with E-state index in [9.17, 15) is 17.6 Å². The van der Waals surface area contributed by atoms with Crippen LogP contribution in [0.25, 0.3) is 0 Å². The number of carbonyl (C=O) groups excluding carboxylic acids is 1. The zero-order chi connectivity index (χ0) is 21.6. The summed E-state index contributed by atoms with van der Waals surface area (Å²) < 4.78 is 45.4. The number of sulfonamides is 1. The van der Waals surface area contributed by atoms with Crippen LogP contribution in [-0.4, -0.2) is 31.4 Å². The van der Waals surface area contributed by atoms with E-state index in [0.717, 1.165) is 4.31 Å². The zero-order valence-corrected chi connectivity index (χ0v) is 17.1. The van der Waals surface area contributed by atoms with Gasteiger partial charge in [-0.2, -0.15) is 9.41 Å². The second kappa shape index (κ2) is 9.66. The van der Waals surface area contributed by atoms with Crippen LogP contribution in [0.15, 0.2) is 81.3 Å². The van der Waals surface area contributed by atoms with Gasteiger partial charge in [-0.3, -0.25) is 4.79 Å². The summed E-state index contributed by atoms with van der Waals surface area (Å²) in [6.07, 6.45) is 2.74. The van der Waals surface area contributed by atoms with Gasteiger partial charge in [0.05, 0.1) is 23.9 Å². The molecule has 0 aliphatic heterocycles. The molecule has 1 aromatic heterocycles. The lowest BCUT2D eigenvalue weighted by Crippen LogP contribution is -2.39. The number of carbonyl (C=O) groups is 1. The van der Waals surface area contributed by atoms with Crippen molar-refractivity contribution in [1.82, 2.24) is 9.73 Å². The van der Waals surface area contributed by atoms with E-state index in [0.29, 0.717) is 16.3 Å². The van der Waals surface area contributed by atoms with Crippen molar-refractivity contribution in [2.75, 3.05) is 6.54 Å². The summed E-state index contributed by atoms with van der Waals surface area (Å²) in [6.45, 7) is -0.640. The normalized spacial score (nSPS) is 11.8. The van der Waals surface area contributed by atoms with Crippen LogP contribution in [0.1, 0.15) is 11.3 Å². The molecule has 2 aromatic carbocycles.